The molecule has 0 aliphatic heterocycles. The average molecular weight is 82.1 g/mol. The second kappa shape index (κ2) is 4.36. The van der Waals surface area contributed by atoms with Gasteiger partial charge in [0.2, 0.25) is 0 Å². The Morgan fingerprint density at radius 3 is 2.50 bits per heavy atom. The number of hydrogen-bond acceptors (Lipinski definition) is 0. The lowest BCUT2D eigenvalue weighted by molar-refractivity contribution is 1.12. The van der Waals surface area contributed by atoms with Crippen molar-refractivity contribution in [3.05, 3.63) is 0 Å². The summed E-state index contributed by atoms with van der Waals surface area (Å²) in [5, 5.41) is 3.56. The molecule has 1 heteroatoms. The van der Waals surface area contributed by atoms with Crippen LogP contribution in [0, 0.1) is 12.0 Å². The molecule has 0 aromatic heterocycles. The van der Waals surface area contributed by atoms with E-state index in [-0.39, 0.29) is 0 Å². The minimum absolute atomic E-state index is 0.900. The fraction of sp³-hybridized carbons (Fsp3) is 0.600. The van der Waals surface area contributed by atoms with Gasteiger partial charge in [-0.2, -0.15) is 0 Å². The maximum absolute atomic E-state index is 3.56. The minimum atomic E-state index is 0.900. The smallest absolute Gasteiger partial charge is 0.0378 e. The molecule has 0 N–H and O–H groups in total. The topological polar surface area (TPSA) is 14.1 Å². The number of nitrogens with zero attached hydrogens (tertiary/aromatic N) is 1. The van der Waals surface area contributed by atoms with Gasteiger partial charge in [-0.15, -0.1) is 0 Å². The Kier molecular flexibility index (Phi) is 3.89. The lowest BCUT2D eigenvalue weighted by atomic mass is 10.5. The Hall–Kier alpha value is -0.640. The summed E-state index contributed by atoms with van der Waals surface area (Å²) >= 11 is 0. The normalized spacial score (nSPS) is 5.67. The zero-order valence-electron chi connectivity index (χ0n) is 4.15. The standard InChI is InChI=1S/C5H8N/c1-3-4-5-6-2/h3H2,1-2H3. The Morgan fingerprint density at radius 1 is 1.67 bits per heavy atom. The zero-order chi connectivity index (χ0) is 4.83. The molecule has 1 radical (unpaired) electrons. The lowest BCUT2D eigenvalue weighted by Crippen LogP contribution is -1.79. The van der Waals surface area contributed by atoms with Crippen molar-refractivity contribution in [2.45, 2.75) is 13.3 Å². The first kappa shape index (κ1) is 5.36. The van der Waals surface area contributed by atoms with E-state index in [0.29, 0.717) is 0 Å². The van der Waals surface area contributed by atoms with Gasteiger partial charge in [-0.25, -0.2) is 5.32 Å². The van der Waals surface area contributed by atoms with E-state index in [0.717, 1.165) is 6.42 Å². The van der Waals surface area contributed by atoms with Gasteiger partial charge in [-0.1, -0.05) is 12.8 Å². The van der Waals surface area contributed by atoms with E-state index in [4.69, 9.17) is 0 Å². The Labute approximate surface area is 38.7 Å². The monoisotopic (exact) mass is 82.1 g/mol. The highest BCUT2D eigenvalue weighted by Gasteiger charge is 1.55. The molecule has 0 aliphatic carbocycles. The largest absolute Gasteiger partial charge is 0.239 e. The van der Waals surface area contributed by atoms with E-state index in [9.17, 15) is 0 Å². The SMILES string of the molecule is CCC#C[N]C. The highest BCUT2D eigenvalue weighted by molar-refractivity contribution is 4.93. The fourth-order valence-corrected chi connectivity index (χ4v) is 0.158. The minimum Gasteiger partial charge on any atom is -0.239 e. The van der Waals surface area contributed by atoms with Crippen molar-refractivity contribution in [2.75, 3.05) is 7.05 Å². The first-order chi connectivity index (χ1) is 2.91. The third-order valence-electron chi connectivity index (χ3n) is 0.368. The summed E-state index contributed by atoms with van der Waals surface area (Å²) < 4.78 is 0. The summed E-state index contributed by atoms with van der Waals surface area (Å²) in [6.07, 6.45) is 0.900. The highest BCUT2D eigenvalue weighted by atomic mass is 14.8. The third-order valence-corrected chi connectivity index (χ3v) is 0.368. The van der Waals surface area contributed by atoms with Crippen LogP contribution in [0.2, 0.25) is 0 Å². The molecule has 6 heavy (non-hydrogen) atoms. The van der Waals surface area contributed by atoms with Crippen LogP contribution in [-0.2, 0) is 0 Å². The van der Waals surface area contributed by atoms with Crippen molar-refractivity contribution < 1.29 is 0 Å². The predicted molar refractivity (Wildman–Crippen MR) is 26.1 cm³/mol. The Bertz CT molecular complexity index is 57.7. The summed E-state index contributed by atoms with van der Waals surface area (Å²) in [5.74, 6) is 2.78. The number of hydrogen-bond donors (Lipinski definition) is 0. The molecule has 0 unspecified atom stereocenters. The van der Waals surface area contributed by atoms with Crippen LogP contribution in [0.1, 0.15) is 13.3 Å². The van der Waals surface area contributed by atoms with Crippen LogP contribution in [0.5, 0.6) is 0 Å². The molecule has 33 valence electrons. The summed E-state index contributed by atoms with van der Waals surface area (Å²) in [5.41, 5.74) is 0. The van der Waals surface area contributed by atoms with Crippen LogP contribution < -0.4 is 5.32 Å². The molecule has 0 aromatic rings. The van der Waals surface area contributed by atoms with E-state index in [1.54, 1.807) is 7.05 Å². The third kappa shape index (κ3) is 3.36. The van der Waals surface area contributed by atoms with Gasteiger partial charge in [0.05, 0.1) is 0 Å². The summed E-state index contributed by atoms with van der Waals surface area (Å²) in [6.45, 7) is 2.00. The van der Waals surface area contributed by atoms with Crippen molar-refractivity contribution in [3.8, 4) is 12.0 Å². The van der Waals surface area contributed by atoms with E-state index < -0.39 is 0 Å². The van der Waals surface area contributed by atoms with Gasteiger partial charge in [0.25, 0.3) is 0 Å². The molecular formula is C5H8N. The van der Waals surface area contributed by atoms with Crippen LogP contribution in [-0.4, -0.2) is 7.05 Å². The van der Waals surface area contributed by atoms with Gasteiger partial charge >= 0.3 is 0 Å². The second-order valence-electron chi connectivity index (χ2n) is 0.866. The summed E-state index contributed by atoms with van der Waals surface area (Å²) in [7, 11) is 1.68. The number of rotatable bonds is 0. The summed E-state index contributed by atoms with van der Waals surface area (Å²) in [4.78, 5) is 0. The van der Waals surface area contributed by atoms with Crippen LogP contribution in [0.3, 0.4) is 0 Å². The molecular weight excluding hydrogens is 74.1 g/mol. The molecule has 0 saturated carbocycles. The highest BCUT2D eigenvalue weighted by Crippen LogP contribution is 1.62. The van der Waals surface area contributed by atoms with Crippen molar-refractivity contribution in [2.24, 2.45) is 0 Å². The predicted octanol–water partition coefficient (Wildman–Crippen LogP) is 0.591. The maximum Gasteiger partial charge on any atom is 0.0378 e. The van der Waals surface area contributed by atoms with Gasteiger partial charge in [0, 0.05) is 19.5 Å². The van der Waals surface area contributed by atoms with E-state index in [1.807, 2.05) is 6.92 Å². The molecule has 0 saturated heterocycles. The quantitative estimate of drug-likeness (QED) is 0.380. The van der Waals surface area contributed by atoms with Crippen LogP contribution in [0.4, 0.5) is 0 Å². The molecule has 0 bridgehead atoms. The molecule has 0 atom stereocenters. The molecule has 0 amide bonds. The second-order valence-corrected chi connectivity index (χ2v) is 0.866. The van der Waals surface area contributed by atoms with Crippen molar-refractivity contribution in [3.63, 3.8) is 0 Å². The van der Waals surface area contributed by atoms with E-state index in [1.165, 1.54) is 0 Å². The molecule has 0 fully saturated rings. The molecule has 0 aromatic carbocycles. The van der Waals surface area contributed by atoms with Crippen molar-refractivity contribution in [1.29, 1.82) is 0 Å². The van der Waals surface area contributed by atoms with Crippen LogP contribution in [0.15, 0.2) is 0 Å². The van der Waals surface area contributed by atoms with E-state index >= 15 is 0 Å². The molecule has 0 rings (SSSR count). The van der Waals surface area contributed by atoms with Gasteiger partial charge in [-0.3, -0.25) is 0 Å². The fourth-order valence-electron chi connectivity index (χ4n) is 0.158. The van der Waals surface area contributed by atoms with Gasteiger partial charge in [0.1, 0.15) is 0 Å². The molecule has 0 heterocycles. The lowest BCUT2D eigenvalue weighted by Gasteiger charge is -1.67. The molecule has 0 aliphatic rings. The first-order valence-corrected chi connectivity index (χ1v) is 1.98. The van der Waals surface area contributed by atoms with Crippen LogP contribution >= 0.6 is 0 Å². The Balaban J connectivity index is 2.90. The van der Waals surface area contributed by atoms with E-state index in [2.05, 4.69) is 17.3 Å². The first-order valence-electron chi connectivity index (χ1n) is 1.98. The van der Waals surface area contributed by atoms with Crippen molar-refractivity contribution in [1.82, 2.24) is 5.32 Å². The van der Waals surface area contributed by atoms with Crippen molar-refractivity contribution >= 4 is 0 Å². The average Bonchev–Trinajstić information content (AvgIpc) is 1.61. The molecule has 1 nitrogen and oxygen atoms in total. The van der Waals surface area contributed by atoms with Gasteiger partial charge < -0.3 is 0 Å². The maximum atomic E-state index is 3.56. The summed E-state index contributed by atoms with van der Waals surface area (Å²) in [6, 6.07) is 2.57. The van der Waals surface area contributed by atoms with Gasteiger partial charge in [0.15, 0.2) is 0 Å². The Morgan fingerprint density at radius 2 is 2.33 bits per heavy atom. The zero-order valence-corrected chi connectivity index (χ0v) is 4.15. The molecule has 0 spiro atoms. The van der Waals surface area contributed by atoms with Crippen LogP contribution in [0.25, 0.3) is 0 Å². The van der Waals surface area contributed by atoms with Gasteiger partial charge in [-0.05, 0) is 0 Å².